The molecule has 8 aromatic carbocycles. The summed E-state index contributed by atoms with van der Waals surface area (Å²) >= 11 is 0. The molecule has 0 unspecified atom stereocenters. The minimum atomic E-state index is 0.806. The second-order valence-electron chi connectivity index (χ2n) is 13.4. The van der Waals surface area contributed by atoms with E-state index in [1.165, 1.54) is 54.5 Å². The molecule has 0 spiro atoms. The van der Waals surface area contributed by atoms with Gasteiger partial charge in [0.2, 0.25) is 0 Å². The van der Waals surface area contributed by atoms with Crippen LogP contribution in [0.25, 0.3) is 99.3 Å². The molecule has 11 aromatic rings. The minimum absolute atomic E-state index is 0.806. The summed E-state index contributed by atoms with van der Waals surface area (Å²) in [7, 11) is 0. The fraction of sp³-hybridized carbons (Fsp3) is 0. The number of hydrogen-bond donors (Lipinski definition) is 0. The van der Waals surface area contributed by atoms with Gasteiger partial charge in [-0.15, -0.1) is 0 Å². The Labute approximate surface area is 299 Å². The highest BCUT2D eigenvalue weighted by atomic mass is 15.1. The Hall–Kier alpha value is -7.04. The summed E-state index contributed by atoms with van der Waals surface area (Å²) in [6.45, 7) is 0. The monoisotopic (exact) mass is 662 g/mol. The van der Waals surface area contributed by atoms with E-state index in [-0.39, 0.29) is 0 Å². The van der Waals surface area contributed by atoms with Crippen molar-refractivity contribution in [3.05, 3.63) is 182 Å². The predicted octanol–water partition coefficient (Wildman–Crippen LogP) is 12.3. The molecule has 0 fully saturated rings. The molecule has 0 aliphatic rings. The fourth-order valence-electron chi connectivity index (χ4n) is 8.14. The molecule has 4 heteroatoms. The summed E-state index contributed by atoms with van der Waals surface area (Å²) in [5.41, 5.74) is 11.6. The maximum Gasteiger partial charge on any atom is 0.165 e. The second kappa shape index (κ2) is 11.2. The van der Waals surface area contributed by atoms with Gasteiger partial charge >= 0.3 is 0 Å². The zero-order valence-electron chi connectivity index (χ0n) is 28.1. The van der Waals surface area contributed by atoms with Crippen molar-refractivity contribution in [2.24, 2.45) is 0 Å². The van der Waals surface area contributed by atoms with Gasteiger partial charge in [0.25, 0.3) is 0 Å². The SMILES string of the molecule is c1ccc(-c2ccc(-c3nc4ccccc4nc3-n3c4cc(-n5c6ccccc6c6ccccc65)ccc4c4c5ccccc5ccc43)cc2)cc1. The van der Waals surface area contributed by atoms with Crippen LogP contribution in [0.1, 0.15) is 0 Å². The molecule has 0 radical (unpaired) electrons. The summed E-state index contributed by atoms with van der Waals surface area (Å²) in [6.07, 6.45) is 0. The Morgan fingerprint density at radius 3 is 1.69 bits per heavy atom. The van der Waals surface area contributed by atoms with Crippen LogP contribution in [0.4, 0.5) is 0 Å². The van der Waals surface area contributed by atoms with E-state index >= 15 is 0 Å². The Kier molecular flexibility index (Phi) is 6.22. The minimum Gasteiger partial charge on any atom is -0.309 e. The molecule has 0 aliphatic heterocycles. The Morgan fingerprint density at radius 1 is 0.346 bits per heavy atom. The first-order chi connectivity index (χ1) is 25.8. The van der Waals surface area contributed by atoms with E-state index in [9.17, 15) is 0 Å². The lowest BCUT2D eigenvalue weighted by atomic mass is 10.0. The van der Waals surface area contributed by atoms with Crippen molar-refractivity contribution in [1.29, 1.82) is 0 Å². The molecule has 242 valence electrons. The van der Waals surface area contributed by atoms with Crippen molar-refractivity contribution in [3.63, 3.8) is 0 Å². The van der Waals surface area contributed by atoms with Crippen molar-refractivity contribution >= 4 is 65.4 Å². The van der Waals surface area contributed by atoms with E-state index in [4.69, 9.17) is 9.97 Å². The van der Waals surface area contributed by atoms with Gasteiger partial charge in [-0.3, -0.25) is 4.57 Å². The summed E-state index contributed by atoms with van der Waals surface area (Å²) < 4.78 is 4.73. The van der Waals surface area contributed by atoms with Crippen LogP contribution in [0.5, 0.6) is 0 Å². The molecule has 0 aliphatic carbocycles. The highest BCUT2D eigenvalue weighted by molar-refractivity contribution is 6.22. The van der Waals surface area contributed by atoms with Gasteiger partial charge < -0.3 is 4.57 Å². The van der Waals surface area contributed by atoms with Crippen LogP contribution in [0.2, 0.25) is 0 Å². The first-order valence-electron chi connectivity index (χ1n) is 17.7. The van der Waals surface area contributed by atoms with E-state index in [2.05, 4.69) is 173 Å². The number of fused-ring (bicyclic) bond motifs is 9. The van der Waals surface area contributed by atoms with Crippen molar-refractivity contribution < 1.29 is 0 Å². The predicted molar refractivity (Wildman–Crippen MR) is 217 cm³/mol. The van der Waals surface area contributed by atoms with E-state index in [0.717, 1.165) is 44.8 Å². The molecular formula is C48H30N4. The largest absolute Gasteiger partial charge is 0.309 e. The molecule has 0 saturated carbocycles. The Bertz CT molecular complexity index is 3120. The Balaban J connectivity index is 1.24. The molecule has 3 aromatic heterocycles. The summed E-state index contributed by atoms with van der Waals surface area (Å²) in [5, 5.41) is 7.30. The zero-order valence-corrected chi connectivity index (χ0v) is 28.1. The van der Waals surface area contributed by atoms with Crippen LogP contribution >= 0.6 is 0 Å². The first kappa shape index (κ1) is 28.8. The van der Waals surface area contributed by atoms with E-state index < -0.39 is 0 Å². The molecule has 11 rings (SSSR count). The summed E-state index contributed by atoms with van der Waals surface area (Å²) in [6, 6.07) is 64.8. The summed E-state index contributed by atoms with van der Waals surface area (Å²) in [4.78, 5) is 10.8. The number of aromatic nitrogens is 4. The molecule has 0 amide bonds. The fourth-order valence-corrected chi connectivity index (χ4v) is 8.14. The van der Waals surface area contributed by atoms with Gasteiger partial charge in [-0.05, 0) is 64.4 Å². The van der Waals surface area contributed by atoms with Crippen LogP contribution in [0, 0.1) is 0 Å². The second-order valence-corrected chi connectivity index (χ2v) is 13.4. The lowest BCUT2D eigenvalue weighted by molar-refractivity contribution is 1.08. The van der Waals surface area contributed by atoms with Crippen LogP contribution in [-0.4, -0.2) is 19.1 Å². The normalized spacial score (nSPS) is 11.8. The molecule has 0 bridgehead atoms. The van der Waals surface area contributed by atoms with Gasteiger partial charge in [0, 0.05) is 32.8 Å². The van der Waals surface area contributed by atoms with Gasteiger partial charge in [0.1, 0.15) is 5.69 Å². The maximum absolute atomic E-state index is 5.44. The number of hydrogen-bond acceptors (Lipinski definition) is 2. The molecule has 3 heterocycles. The lowest BCUT2D eigenvalue weighted by Crippen LogP contribution is -2.04. The number of para-hydroxylation sites is 4. The molecular weight excluding hydrogens is 633 g/mol. The maximum atomic E-state index is 5.44. The van der Waals surface area contributed by atoms with Gasteiger partial charge in [0.05, 0.1) is 33.1 Å². The third kappa shape index (κ3) is 4.28. The molecule has 52 heavy (non-hydrogen) atoms. The number of nitrogens with zero attached hydrogens (tertiary/aromatic N) is 4. The molecule has 4 nitrogen and oxygen atoms in total. The van der Waals surface area contributed by atoms with E-state index in [1.807, 2.05) is 18.2 Å². The van der Waals surface area contributed by atoms with Crippen LogP contribution in [-0.2, 0) is 0 Å². The molecule has 0 N–H and O–H groups in total. The van der Waals surface area contributed by atoms with Crippen molar-refractivity contribution in [2.45, 2.75) is 0 Å². The lowest BCUT2D eigenvalue weighted by Gasteiger charge is -2.15. The van der Waals surface area contributed by atoms with Crippen molar-refractivity contribution in [3.8, 4) is 33.9 Å². The zero-order chi connectivity index (χ0) is 34.2. The van der Waals surface area contributed by atoms with Gasteiger partial charge in [0.15, 0.2) is 5.82 Å². The van der Waals surface area contributed by atoms with E-state index in [1.54, 1.807) is 0 Å². The smallest absolute Gasteiger partial charge is 0.165 e. The van der Waals surface area contributed by atoms with Crippen LogP contribution < -0.4 is 0 Å². The van der Waals surface area contributed by atoms with Crippen LogP contribution in [0.3, 0.4) is 0 Å². The topological polar surface area (TPSA) is 35.6 Å². The Morgan fingerprint density at radius 2 is 0.942 bits per heavy atom. The van der Waals surface area contributed by atoms with Gasteiger partial charge in [-0.2, -0.15) is 0 Å². The third-order valence-corrected chi connectivity index (χ3v) is 10.5. The average Bonchev–Trinajstić information content (AvgIpc) is 3.73. The van der Waals surface area contributed by atoms with Gasteiger partial charge in [-0.25, -0.2) is 9.97 Å². The highest BCUT2D eigenvalue weighted by Gasteiger charge is 2.22. The highest BCUT2D eigenvalue weighted by Crippen LogP contribution is 2.41. The van der Waals surface area contributed by atoms with Crippen molar-refractivity contribution in [2.75, 3.05) is 0 Å². The molecule has 0 saturated heterocycles. The van der Waals surface area contributed by atoms with Crippen LogP contribution in [0.15, 0.2) is 182 Å². The number of benzene rings is 8. The van der Waals surface area contributed by atoms with Crippen molar-refractivity contribution in [1.82, 2.24) is 19.1 Å². The summed E-state index contributed by atoms with van der Waals surface area (Å²) in [5.74, 6) is 0.806. The average molecular weight is 663 g/mol. The quantitative estimate of drug-likeness (QED) is 0.188. The van der Waals surface area contributed by atoms with E-state index in [0.29, 0.717) is 0 Å². The van der Waals surface area contributed by atoms with Gasteiger partial charge in [-0.1, -0.05) is 140 Å². The first-order valence-corrected chi connectivity index (χ1v) is 17.7. The standard InChI is InChI=1S/C48H30N4/c1-2-12-31(13-3-1)32-22-24-34(25-23-32)47-48(50-41-19-9-8-18-40(41)49-47)52-44-29-26-33-14-4-5-15-36(33)46(44)39-28-27-35(30-45(39)52)51-42-20-10-6-16-37(42)38-17-7-11-21-43(38)51/h1-30H. The third-order valence-electron chi connectivity index (χ3n) is 10.5. The number of rotatable bonds is 4. The molecule has 0 atom stereocenters.